The van der Waals surface area contributed by atoms with E-state index in [4.69, 9.17) is 0 Å². The van der Waals surface area contributed by atoms with Gasteiger partial charge >= 0.3 is 0 Å². The lowest BCUT2D eigenvalue weighted by Gasteiger charge is -2.28. The minimum Gasteiger partial charge on any atom is -0.396 e. The van der Waals surface area contributed by atoms with Gasteiger partial charge in [-0.1, -0.05) is 0 Å². The minimum atomic E-state index is -1.39. The highest BCUT2D eigenvalue weighted by atomic mass is 16.3. The summed E-state index contributed by atoms with van der Waals surface area (Å²) in [5, 5.41) is 29.9. The van der Waals surface area contributed by atoms with Gasteiger partial charge in [0.05, 0.1) is 24.3 Å². The zero-order valence-electron chi connectivity index (χ0n) is 10.9. The lowest BCUT2D eigenvalue weighted by Crippen LogP contribution is -2.43. The normalized spacial score (nSPS) is 33.9. The van der Waals surface area contributed by atoms with Crippen LogP contribution in [-0.4, -0.2) is 53.2 Å². The van der Waals surface area contributed by atoms with E-state index in [-0.39, 0.29) is 17.7 Å². The predicted molar refractivity (Wildman–Crippen MR) is 69.0 cm³/mol. The van der Waals surface area contributed by atoms with Gasteiger partial charge in [-0.05, 0) is 13.3 Å². The van der Waals surface area contributed by atoms with Crippen molar-refractivity contribution in [2.24, 2.45) is 5.92 Å². The van der Waals surface area contributed by atoms with E-state index >= 15 is 0 Å². The summed E-state index contributed by atoms with van der Waals surface area (Å²) < 4.78 is 1.58. The highest BCUT2D eigenvalue weighted by Gasteiger charge is 2.51. The number of nitrogens with one attached hydrogen (secondary N) is 1. The number of rotatable bonds is 2. The van der Waals surface area contributed by atoms with Crippen molar-refractivity contribution in [1.82, 2.24) is 19.5 Å². The molecule has 8 heteroatoms. The zero-order chi connectivity index (χ0) is 14.5. The molecule has 20 heavy (non-hydrogen) atoms. The maximum Gasteiger partial charge on any atom is 0.278 e. The number of aliphatic hydroxyl groups excluding tert-OH is 2. The van der Waals surface area contributed by atoms with Gasteiger partial charge in [0.1, 0.15) is 6.10 Å². The summed E-state index contributed by atoms with van der Waals surface area (Å²) in [6.45, 7) is 1.28. The molecular weight excluding hydrogens is 264 g/mol. The Bertz CT molecular complexity index is 692. The van der Waals surface area contributed by atoms with E-state index in [1.807, 2.05) is 0 Å². The van der Waals surface area contributed by atoms with E-state index in [2.05, 4.69) is 15.0 Å². The number of nitrogens with zero attached hydrogens (tertiary/aromatic N) is 3. The summed E-state index contributed by atoms with van der Waals surface area (Å²) in [5.41, 5.74) is -1.21. The predicted octanol–water partition coefficient (Wildman–Crippen LogP) is -1.22. The van der Waals surface area contributed by atoms with Gasteiger partial charge in [-0.15, -0.1) is 0 Å². The van der Waals surface area contributed by atoms with Crippen LogP contribution in [0.1, 0.15) is 19.4 Å². The van der Waals surface area contributed by atoms with Crippen molar-refractivity contribution in [3.8, 4) is 0 Å². The van der Waals surface area contributed by atoms with Gasteiger partial charge in [0, 0.05) is 12.5 Å². The second kappa shape index (κ2) is 4.37. The first kappa shape index (κ1) is 13.2. The highest BCUT2D eigenvalue weighted by Crippen LogP contribution is 2.42. The Hall–Kier alpha value is -1.77. The SMILES string of the molecule is CC1(O)C(O)[C@H](n2cnc3c(=O)[nH]cnc32)C[C@@H]1CO. The Labute approximate surface area is 113 Å². The maximum absolute atomic E-state index is 11.6. The van der Waals surface area contributed by atoms with Crippen molar-refractivity contribution in [2.45, 2.75) is 31.1 Å². The van der Waals surface area contributed by atoms with Gasteiger partial charge in [0.25, 0.3) is 5.56 Å². The summed E-state index contributed by atoms with van der Waals surface area (Å²) in [6.07, 6.45) is 2.01. The van der Waals surface area contributed by atoms with Crippen LogP contribution in [0.5, 0.6) is 0 Å². The Morgan fingerprint density at radius 3 is 2.95 bits per heavy atom. The van der Waals surface area contributed by atoms with Crippen LogP contribution in [-0.2, 0) is 0 Å². The third-order valence-electron chi connectivity index (χ3n) is 4.26. The van der Waals surface area contributed by atoms with Crippen LogP contribution >= 0.6 is 0 Å². The first-order chi connectivity index (χ1) is 9.46. The molecule has 0 radical (unpaired) electrons. The minimum absolute atomic E-state index is 0.187. The van der Waals surface area contributed by atoms with Crippen molar-refractivity contribution in [3.05, 3.63) is 23.0 Å². The van der Waals surface area contributed by atoms with E-state index in [1.165, 1.54) is 19.6 Å². The van der Waals surface area contributed by atoms with Crippen molar-refractivity contribution < 1.29 is 15.3 Å². The van der Waals surface area contributed by atoms with Crippen LogP contribution in [0.25, 0.3) is 11.2 Å². The topological polar surface area (TPSA) is 124 Å². The Kier molecular flexibility index (Phi) is 2.89. The van der Waals surface area contributed by atoms with Crippen LogP contribution < -0.4 is 5.56 Å². The molecule has 2 unspecified atom stereocenters. The van der Waals surface area contributed by atoms with Crippen molar-refractivity contribution >= 4 is 11.2 Å². The van der Waals surface area contributed by atoms with Gasteiger partial charge in [0.2, 0.25) is 0 Å². The molecule has 108 valence electrons. The number of aromatic amines is 1. The molecule has 0 amide bonds. The van der Waals surface area contributed by atoms with Crippen molar-refractivity contribution in [1.29, 1.82) is 0 Å². The molecule has 0 saturated heterocycles. The highest BCUT2D eigenvalue weighted by molar-refractivity contribution is 5.69. The second-order valence-corrected chi connectivity index (χ2v) is 5.41. The molecule has 3 rings (SSSR count). The van der Waals surface area contributed by atoms with E-state index in [0.717, 1.165) is 0 Å². The summed E-state index contributed by atoms with van der Waals surface area (Å²) in [4.78, 5) is 22.1. The first-order valence-electron chi connectivity index (χ1n) is 6.38. The molecule has 0 spiro atoms. The monoisotopic (exact) mass is 280 g/mol. The number of hydrogen-bond donors (Lipinski definition) is 4. The third-order valence-corrected chi connectivity index (χ3v) is 4.26. The molecule has 0 aromatic carbocycles. The van der Waals surface area contributed by atoms with Crippen molar-refractivity contribution in [2.75, 3.05) is 6.61 Å². The smallest absolute Gasteiger partial charge is 0.278 e. The molecule has 1 saturated carbocycles. The Morgan fingerprint density at radius 2 is 2.30 bits per heavy atom. The third kappa shape index (κ3) is 1.69. The standard InChI is InChI=1S/C12H16N4O4/c1-12(20)6(3-17)2-7(9(12)18)16-5-15-8-10(16)13-4-14-11(8)19/h4-7,9,17-18,20H,2-3H2,1H3,(H,13,14,19)/t6-,7-,9?,12?/m1/s1. The van der Waals surface area contributed by atoms with Gasteiger partial charge in [-0.3, -0.25) is 4.79 Å². The van der Waals surface area contributed by atoms with Gasteiger partial charge < -0.3 is 24.9 Å². The Balaban J connectivity index is 2.09. The van der Waals surface area contributed by atoms with Crippen LogP contribution in [0.3, 0.4) is 0 Å². The molecule has 4 N–H and O–H groups in total. The largest absolute Gasteiger partial charge is 0.396 e. The molecule has 2 aromatic heterocycles. The maximum atomic E-state index is 11.6. The second-order valence-electron chi connectivity index (χ2n) is 5.41. The fraction of sp³-hybridized carbons (Fsp3) is 0.583. The van der Waals surface area contributed by atoms with Crippen LogP contribution in [0.15, 0.2) is 17.4 Å². The van der Waals surface area contributed by atoms with Crippen LogP contribution in [0.2, 0.25) is 0 Å². The summed E-state index contributed by atoms with van der Waals surface area (Å²) in [5.74, 6) is -0.443. The fourth-order valence-electron chi connectivity index (χ4n) is 2.92. The number of imidazole rings is 1. The molecular formula is C12H16N4O4. The van der Waals surface area contributed by atoms with Gasteiger partial charge in [0.15, 0.2) is 11.2 Å². The van der Waals surface area contributed by atoms with Crippen LogP contribution in [0, 0.1) is 5.92 Å². The van der Waals surface area contributed by atoms with E-state index in [1.54, 1.807) is 4.57 Å². The summed E-state index contributed by atoms with van der Waals surface area (Å²) in [7, 11) is 0. The lowest BCUT2D eigenvalue weighted by atomic mass is 9.92. The summed E-state index contributed by atoms with van der Waals surface area (Å²) in [6, 6.07) is -0.485. The molecule has 8 nitrogen and oxygen atoms in total. The van der Waals surface area contributed by atoms with E-state index in [0.29, 0.717) is 12.1 Å². The van der Waals surface area contributed by atoms with E-state index in [9.17, 15) is 20.1 Å². The molecule has 1 aliphatic rings. The number of aromatic nitrogens is 4. The Morgan fingerprint density at radius 1 is 1.55 bits per heavy atom. The molecule has 1 aliphatic carbocycles. The fourth-order valence-corrected chi connectivity index (χ4v) is 2.92. The molecule has 2 aromatic rings. The van der Waals surface area contributed by atoms with Gasteiger partial charge in [-0.2, -0.15) is 0 Å². The lowest BCUT2D eigenvalue weighted by molar-refractivity contribution is -0.0840. The molecule has 4 atom stereocenters. The van der Waals surface area contributed by atoms with Gasteiger partial charge in [-0.25, -0.2) is 9.97 Å². The molecule has 2 heterocycles. The zero-order valence-corrected chi connectivity index (χ0v) is 10.9. The molecule has 0 aliphatic heterocycles. The quantitative estimate of drug-likeness (QED) is 0.547. The van der Waals surface area contributed by atoms with Crippen molar-refractivity contribution in [3.63, 3.8) is 0 Å². The number of H-pyrrole nitrogens is 1. The number of aliphatic hydroxyl groups is 3. The average molecular weight is 280 g/mol. The molecule has 0 bridgehead atoms. The van der Waals surface area contributed by atoms with E-state index < -0.39 is 23.7 Å². The summed E-state index contributed by atoms with van der Waals surface area (Å²) >= 11 is 0. The number of fused-ring (bicyclic) bond motifs is 1. The number of hydrogen-bond acceptors (Lipinski definition) is 6. The molecule has 1 fully saturated rings. The first-order valence-corrected chi connectivity index (χ1v) is 6.38. The van der Waals surface area contributed by atoms with Crippen LogP contribution in [0.4, 0.5) is 0 Å². The average Bonchev–Trinajstić information content (AvgIpc) is 2.92.